The second-order valence-corrected chi connectivity index (χ2v) is 11.5. The average molecular weight is 642 g/mol. The lowest BCUT2D eigenvalue weighted by molar-refractivity contribution is 0.0250. The quantitative estimate of drug-likeness (QED) is 0.144. The van der Waals surface area contributed by atoms with Crippen LogP contribution in [0.25, 0.3) is 33.6 Å². The summed E-state index contributed by atoms with van der Waals surface area (Å²) in [5, 5.41) is 23.2. The summed E-state index contributed by atoms with van der Waals surface area (Å²) >= 11 is 0. The number of alkyl halides is 4. The summed E-state index contributed by atoms with van der Waals surface area (Å²) in [7, 11) is 0. The van der Waals surface area contributed by atoms with E-state index >= 15 is 0 Å². The van der Waals surface area contributed by atoms with Crippen LogP contribution in [0.2, 0.25) is 0 Å². The number of nitriles is 1. The molecular formula is C34H31F4N9. The number of nitrogens with zero attached hydrogens (tertiary/aromatic N) is 6. The first-order valence-electron chi connectivity index (χ1n) is 14.9. The van der Waals surface area contributed by atoms with E-state index < -0.39 is 11.8 Å². The number of halogens is 4. The van der Waals surface area contributed by atoms with E-state index in [1.165, 1.54) is 0 Å². The van der Waals surface area contributed by atoms with Crippen LogP contribution < -0.4 is 21.3 Å². The van der Waals surface area contributed by atoms with Gasteiger partial charge < -0.3 is 21.3 Å². The summed E-state index contributed by atoms with van der Waals surface area (Å²) in [6.45, 7) is 0.00262. The van der Waals surface area contributed by atoms with Gasteiger partial charge in [-0.2, -0.15) is 10.5 Å². The van der Waals surface area contributed by atoms with Gasteiger partial charge in [0.2, 0.25) is 5.82 Å². The molecule has 4 aromatic carbocycles. The van der Waals surface area contributed by atoms with Gasteiger partial charge in [-0.05, 0) is 57.8 Å². The Hall–Kier alpha value is -5.64. The van der Waals surface area contributed by atoms with Crippen molar-refractivity contribution in [3.63, 3.8) is 0 Å². The predicted molar refractivity (Wildman–Crippen MR) is 174 cm³/mol. The van der Waals surface area contributed by atoms with Crippen LogP contribution in [0.15, 0.2) is 84.9 Å². The van der Waals surface area contributed by atoms with Crippen molar-refractivity contribution in [1.82, 2.24) is 20.6 Å². The van der Waals surface area contributed by atoms with Gasteiger partial charge in [-0.3, -0.25) is 0 Å². The standard InChI is InChI=1S/C17H16F2N6.C17H15F2N3/c18-17(19)7-8-25(10-17)15-6-5-11(9-14(15)20)12-3-1-2-4-13(12)16-21-23-24-22-16;18-17(19)7-8-22(11-17)16-6-5-12(9-15(16)21)14-4-2-1-3-13(14)10-20/h1-6,9H,7-8,10,20H2,(H,21,22,23,24);1-6,9H,7-8,11,21H2. The Balaban J connectivity index is 0.000000166. The Morgan fingerprint density at radius 1 is 0.702 bits per heavy atom. The number of H-pyrrole nitrogens is 1. The molecule has 0 radical (unpaired) electrons. The monoisotopic (exact) mass is 641 g/mol. The number of nitrogens with two attached hydrogens (primary N) is 2. The van der Waals surface area contributed by atoms with Crippen LogP contribution in [-0.2, 0) is 0 Å². The third-order valence-corrected chi connectivity index (χ3v) is 8.26. The molecule has 0 saturated carbocycles. The van der Waals surface area contributed by atoms with E-state index in [1.54, 1.807) is 46.2 Å². The van der Waals surface area contributed by atoms with Gasteiger partial charge in [0, 0.05) is 31.5 Å². The van der Waals surface area contributed by atoms with Crippen LogP contribution in [-0.4, -0.2) is 58.6 Å². The van der Waals surface area contributed by atoms with E-state index in [2.05, 4.69) is 26.7 Å². The van der Waals surface area contributed by atoms with Crippen molar-refractivity contribution < 1.29 is 17.6 Å². The van der Waals surface area contributed by atoms with Crippen LogP contribution >= 0.6 is 0 Å². The van der Waals surface area contributed by atoms with Crippen LogP contribution in [0.5, 0.6) is 0 Å². The van der Waals surface area contributed by atoms with Gasteiger partial charge in [-0.15, -0.1) is 10.2 Å². The smallest absolute Gasteiger partial charge is 0.266 e. The molecule has 0 amide bonds. The maximum Gasteiger partial charge on any atom is 0.266 e. The second kappa shape index (κ2) is 12.6. The van der Waals surface area contributed by atoms with Gasteiger partial charge in [0.1, 0.15) is 0 Å². The van der Waals surface area contributed by atoms with Crippen molar-refractivity contribution in [2.75, 3.05) is 47.4 Å². The molecule has 240 valence electrons. The van der Waals surface area contributed by atoms with Gasteiger partial charge in [-0.1, -0.05) is 54.6 Å². The second-order valence-electron chi connectivity index (χ2n) is 11.5. The van der Waals surface area contributed by atoms with Gasteiger partial charge >= 0.3 is 0 Å². The lowest BCUT2D eigenvalue weighted by atomic mass is 9.98. The fourth-order valence-corrected chi connectivity index (χ4v) is 5.94. The molecule has 9 nitrogen and oxygen atoms in total. The number of rotatable bonds is 5. The summed E-state index contributed by atoms with van der Waals surface area (Å²) in [5.41, 5.74) is 19.1. The molecule has 0 atom stereocenters. The number of anilines is 4. The SMILES string of the molecule is N#Cc1ccccc1-c1ccc(N2CCC(F)(F)C2)c(N)c1.Nc1cc(-c2ccccc2-c2nn[nH]n2)ccc1N1CCC(F)(F)C1. The fraction of sp³-hybridized carbons (Fsp3) is 0.235. The number of aromatic amines is 1. The maximum atomic E-state index is 13.5. The van der Waals surface area contributed by atoms with Crippen molar-refractivity contribution in [3.8, 4) is 39.7 Å². The molecule has 2 aliphatic rings. The van der Waals surface area contributed by atoms with E-state index in [0.29, 0.717) is 47.2 Å². The van der Waals surface area contributed by atoms with Crippen molar-refractivity contribution in [3.05, 3.63) is 90.5 Å². The van der Waals surface area contributed by atoms with E-state index in [4.69, 9.17) is 16.7 Å². The molecule has 0 spiro atoms. The first kappa shape index (κ1) is 31.3. The van der Waals surface area contributed by atoms with E-state index in [9.17, 15) is 17.6 Å². The summed E-state index contributed by atoms with van der Waals surface area (Å²) in [5.74, 6) is -4.83. The van der Waals surface area contributed by atoms with Crippen LogP contribution in [0.1, 0.15) is 18.4 Å². The fourth-order valence-electron chi connectivity index (χ4n) is 5.94. The minimum atomic E-state index is -2.66. The molecule has 0 bridgehead atoms. The van der Waals surface area contributed by atoms with Gasteiger partial charge in [0.25, 0.3) is 11.8 Å². The number of benzene rings is 4. The molecular weight excluding hydrogens is 610 g/mol. The molecule has 0 unspecified atom stereocenters. The van der Waals surface area contributed by atoms with Gasteiger partial charge in [-0.25, -0.2) is 17.6 Å². The summed E-state index contributed by atoms with van der Waals surface area (Å²) in [6, 6.07) is 27.8. The molecule has 5 N–H and O–H groups in total. The van der Waals surface area contributed by atoms with E-state index in [0.717, 1.165) is 27.8 Å². The first-order chi connectivity index (χ1) is 22.5. The van der Waals surface area contributed by atoms with Crippen molar-refractivity contribution in [2.45, 2.75) is 24.7 Å². The zero-order valence-electron chi connectivity index (χ0n) is 25.2. The predicted octanol–water partition coefficient (Wildman–Crippen LogP) is 6.61. The highest BCUT2D eigenvalue weighted by atomic mass is 19.3. The molecule has 1 aromatic heterocycles. The number of tetrazole rings is 1. The highest BCUT2D eigenvalue weighted by Gasteiger charge is 2.39. The lowest BCUT2D eigenvalue weighted by Crippen LogP contribution is -2.25. The number of aromatic nitrogens is 4. The molecule has 0 aliphatic carbocycles. The minimum Gasteiger partial charge on any atom is -0.397 e. The normalized spacial score (nSPS) is 16.4. The Morgan fingerprint density at radius 3 is 1.68 bits per heavy atom. The molecule has 3 heterocycles. The third-order valence-electron chi connectivity index (χ3n) is 8.26. The molecule has 7 rings (SSSR count). The minimum absolute atomic E-state index is 0.144. The van der Waals surface area contributed by atoms with Crippen molar-refractivity contribution in [1.29, 1.82) is 5.26 Å². The molecule has 2 fully saturated rings. The zero-order chi connectivity index (χ0) is 33.2. The number of nitrogens with one attached hydrogen (secondary N) is 1. The molecule has 2 aliphatic heterocycles. The van der Waals surface area contributed by atoms with Gasteiger partial charge in [0.15, 0.2) is 0 Å². The Kier molecular flexibility index (Phi) is 8.42. The van der Waals surface area contributed by atoms with E-state index in [-0.39, 0.29) is 25.9 Å². The maximum absolute atomic E-state index is 13.5. The highest BCUT2D eigenvalue weighted by molar-refractivity contribution is 5.84. The Morgan fingerprint density at radius 2 is 1.21 bits per heavy atom. The third kappa shape index (κ3) is 6.81. The van der Waals surface area contributed by atoms with Crippen molar-refractivity contribution in [2.24, 2.45) is 0 Å². The number of hydrogen-bond acceptors (Lipinski definition) is 8. The van der Waals surface area contributed by atoms with Crippen LogP contribution in [0.3, 0.4) is 0 Å². The molecule has 47 heavy (non-hydrogen) atoms. The summed E-state index contributed by atoms with van der Waals surface area (Å²) < 4.78 is 53.6. The Labute approximate surface area is 268 Å². The topological polar surface area (TPSA) is 137 Å². The Bertz CT molecular complexity index is 1920. The number of nitrogen functional groups attached to an aromatic ring is 2. The van der Waals surface area contributed by atoms with Gasteiger partial charge in [0.05, 0.1) is 47.5 Å². The van der Waals surface area contributed by atoms with Crippen molar-refractivity contribution >= 4 is 22.7 Å². The van der Waals surface area contributed by atoms with Crippen LogP contribution in [0.4, 0.5) is 40.3 Å². The molecule has 2 saturated heterocycles. The molecule has 5 aromatic rings. The average Bonchev–Trinajstić information content (AvgIpc) is 3.81. The van der Waals surface area contributed by atoms with Crippen LogP contribution in [0, 0.1) is 11.3 Å². The zero-order valence-corrected chi connectivity index (χ0v) is 25.2. The summed E-state index contributed by atoms with van der Waals surface area (Å²) in [4.78, 5) is 3.24. The summed E-state index contributed by atoms with van der Waals surface area (Å²) in [6.07, 6.45) is -0.291. The highest BCUT2D eigenvalue weighted by Crippen LogP contribution is 2.38. The lowest BCUT2D eigenvalue weighted by Gasteiger charge is -2.21. The largest absolute Gasteiger partial charge is 0.397 e. The first-order valence-corrected chi connectivity index (χ1v) is 14.9. The number of hydrogen-bond donors (Lipinski definition) is 3. The van der Waals surface area contributed by atoms with E-state index in [1.807, 2.05) is 48.5 Å². The molecule has 13 heteroatoms.